The molecule has 0 aliphatic carbocycles. The molecule has 0 fully saturated rings. The van der Waals surface area contributed by atoms with Crippen LogP contribution in [0.1, 0.15) is 37.6 Å². The third kappa shape index (κ3) is 5.27. The summed E-state index contributed by atoms with van der Waals surface area (Å²) in [6.45, 7) is 2.07. The fraction of sp³-hybridized carbons (Fsp3) is 0.700. The maximum absolute atomic E-state index is 10.7. The first-order chi connectivity index (χ1) is 7.51. The molecule has 0 saturated carbocycles. The van der Waals surface area contributed by atoms with Crippen LogP contribution in [0.5, 0.6) is 0 Å². The average Bonchev–Trinajstić information content (AvgIpc) is 2.62. The Morgan fingerprint density at radius 3 is 2.81 bits per heavy atom. The largest absolute Gasteiger partial charge is 0.361 e. The number of rotatable bonds is 7. The molecule has 0 atom stereocenters. The summed E-state index contributed by atoms with van der Waals surface area (Å²) in [5, 5.41) is 3.73. The van der Waals surface area contributed by atoms with Crippen molar-refractivity contribution in [1.82, 2.24) is 5.16 Å². The van der Waals surface area contributed by atoms with E-state index in [-0.39, 0.29) is 6.61 Å². The van der Waals surface area contributed by atoms with Gasteiger partial charge in [0.1, 0.15) is 18.1 Å². The van der Waals surface area contributed by atoms with E-state index in [9.17, 15) is 8.42 Å². The molecule has 1 rings (SSSR count). The van der Waals surface area contributed by atoms with Gasteiger partial charge in [0.2, 0.25) is 0 Å². The predicted octanol–water partition coefficient (Wildman–Crippen LogP) is 1.88. The third-order valence-corrected chi connectivity index (χ3v) is 2.60. The zero-order chi connectivity index (χ0) is 12.0. The van der Waals surface area contributed by atoms with Crippen LogP contribution in [0.2, 0.25) is 0 Å². The minimum atomic E-state index is -3.42. The van der Waals surface area contributed by atoms with E-state index in [1.165, 1.54) is 0 Å². The minimum absolute atomic E-state index is 0.0594. The van der Waals surface area contributed by atoms with Gasteiger partial charge in [0, 0.05) is 12.5 Å². The summed E-state index contributed by atoms with van der Waals surface area (Å²) >= 11 is 0. The lowest BCUT2D eigenvalue weighted by atomic mass is 10.2. The molecule has 1 aromatic heterocycles. The van der Waals surface area contributed by atoms with Gasteiger partial charge in [0.15, 0.2) is 0 Å². The standard InChI is InChI=1S/C10H17NO4S/c1-3-4-5-6-10-7-9(11-15-10)8-14-16(2,12)13/h7H,3-6,8H2,1-2H3. The molecule has 0 aromatic carbocycles. The monoisotopic (exact) mass is 247 g/mol. The zero-order valence-electron chi connectivity index (χ0n) is 9.60. The van der Waals surface area contributed by atoms with Gasteiger partial charge in [-0.1, -0.05) is 24.9 Å². The molecule has 92 valence electrons. The number of hydrogen-bond donors (Lipinski definition) is 0. The number of aryl methyl sites for hydroxylation is 1. The van der Waals surface area contributed by atoms with Crippen molar-refractivity contribution in [3.05, 3.63) is 17.5 Å². The normalized spacial score (nSPS) is 11.9. The highest BCUT2D eigenvalue weighted by Gasteiger charge is 2.07. The summed E-state index contributed by atoms with van der Waals surface area (Å²) in [6, 6.07) is 1.74. The van der Waals surface area contributed by atoms with Crippen molar-refractivity contribution in [2.75, 3.05) is 6.26 Å². The Bertz CT molecular complexity index is 410. The van der Waals surface area contributed by atoms with Gasteiger partial charge >= 0.3 is 0 Å². The van der Waals surface area contributed by atoms with Crippen molar-refractivity contribution in [3.8, 4) is 0 Å². The molecule has 0 unspecified atom stereocenters. The number of aromatic nitrogens is 1. The Morgan fingerprint density at radius 1 is 1.44 bits per heavy atom. The Labute approximate surface area is 95.9 Å². The molecule has 0 radical (unpaired) electrons. The van der Waals surface area contributed by atoms with E-state index in [1.54, 1.807) is 6.07 Å². The van der Waals surface area contributed by atoms with Gasteiger partial charge in [-0.3, -0.25) is 4.18 Å². The van der Waals surface area contributed by atoms with E-state index < -0.39 is 10.1 Å². The van der Waals surface area contributed by atoms with Gasteiger partial charge in [-0.2, -0.15) is 8.42 Å². The van der Waals surface area contributed by atoms with Crippen LogP contribution in [0.3, 0.4) is 0 Å². The molecule has 5 nitrogen and oxygen atoms in total. The second kappa shape index (κ2) is 6.00. The van der Waals surface area contributed by atoms with E-state index in [4.69, 9.17) is 4.52 Å². The Balaban J connectivity index is 2.39. The molecular formula is C10H17NO4S. The fourth-order valence-corrected chi connectivity index (χ4v) is 1.59. The van der Waals surface area contributed by atoms with Crippen LogP contribution in [-0.4, -0.2) is 19.8 Å². The molecule has 1 heterocycles. The summed E-state index contributed by atoms with van der Waals surface area (Å²) in [7, 11) is -3.42. The maximum Gasteiger partial charge on any atom is 0.264 e. The highest BCUT2D eigenvalue weighted by Crippen LogP contribution is 2.10. The summed E-state index contributed by atoms with van der Waals surface area (Å²) < 4.78 is 31.1. The van der Waals surface area contributed by atoms with Gasteiger partial charge in [-0.05, 0) is 6.42 Å². The second-order valence-electron chi connectivity index (χ2n) is 3.71. The van der Waals surface area contributed by atoms with Crippen LogP contribution in [-0.2, 0) is 27.3 Å². The first kappa shape index (κ1) is 13.2. The van der Waals surface area contributed by atoms with Gasteiger partial charge < -0.3 is 4.52 Å². The Kier molecular flexibility index (Phi) is 4.95. The topological polar surface area (TPSA) is 69.4 Å². The zero-order valence-corrected chi connectivity index (χ0v) is 10.4. The molecule has 0 aliphatic heterocycles. The molecule has 16 heavy (non-hydrogen) atoms. The molecule has 0 bridgehead atoms. The van der Waals surface area contributed by atoms with Crippen LogP contribution in [0.4, 0.5) is 0 Å². The van der Waals surface area contributed by atoms with Crippen LogP contribution in [0, 0.1) is 0 Å². The van der Waals surface area contributed by atoms with Crippen LogP contribution in [0.25, 0.3) is 0 Å². The Hall–Kier alpha value is -0.880. The molecule has 0 N–H and O–H groups in total. The predicted molar refractivity (Wildman–Crippen MR) is 59.4 cm³/mol. The molecule has 1 aromatic rings. The van der Waals surface area contributed by atoms with Crippen molar-refractivity contribution >= 4 is 10.1 Å². The van der Waals surface area contributed by atoms with E-state index in [1.807, 2.05) is 0 Å². The van der Waals surface area contributed by atoms with Crippen LogP contribution < -0.4 is 0 Å². The van der Waals surface area contributed by atoms with Crippen molar-refractivity contribution in [2.45, 2.75) is 39.2 Å². The molecule has 0 aliphatic rings. The lowest BCUT2D eigenvalue weighted by Gasteiger charge is -1.95. The van der Waals surface area contributed by atoms with Gasteiger partial charge in [0.25, 0.3) is 10.1 Å². The summed E-state index contributed by atoms with van der Waals surface area (Å²) in [5.74, 6) is 0.778. The van der Waals surface area contributed by atoms with Gasteiger partial charge in [-0.15, -0.1) is 0 Å². The lowest BCUT2D eigenvalue weighted by molar-refractivity contribution is 0.292. The second-order valence-corrected chi connectivity index (χ2v) is 5.35. The van der Waals surface area contributed by atoms with Crippen molar-refractivity contribution < 1.29 is 17.1 Å². The number of hydrogen-bond acceptors (Lipinski definition) is 5. The maximum atomic E-state index is 10.7. The fourth-order valence-electron chi connectivity index (χ4n) is 1.26. The lowest BCUT2D eigenvalue weighted by Crippen LogP contribution is -2.02. The SMILES string of the molecule is CCCCCc1cc(COS(C)(=O)=O)no1. The summed E-state index contributed by atoms with van der Waals surface area (Å²) in [5.41, 5.74) is 0.511. The summed E-state index contributed by atoms with van der Waals surface area (Å²) in [4.78, 5) is 0. The van der Waals surface area contributed by atoms with Gasteiger partial charge in [-0.25, -0.2) is 0 Å². The van der Waals surface area contributed by atoms with Crippen molar-refractivity contribution in [1.29, 1.82) is 0 Å². The number of unbranched alkanes of at least 4 members (excludes halogenated alkanes) is 2. The summed E-state index contributed by atoms with van der Waals surface area (Å²) in [6.07, 6.45) is 5.20. The van der Waals surface area contributed by atoms with Crippen molar-refractivity contribution in [2.24, 2.45) is 0 Å². The average molecular weight is 247 g/mol. The Morgan fingerprint density at radius 2 is 2.19 bits per heavy atom. The molecule has 0 saturated heterocycles. The minimum Gasteiger partial charge on any atom is -0.361 e. The third-order valence-electron chi connectivity index (χ3n) is 2.06. The van der Waals surface area contributed by atoms with Gasteiger partial charge in [0.05, 0.1) is 6.26 Å². The van der Waals surface area contributed by atoms with E-state index in [0.717, 1.165) is 37.7 Å². The molecule has 6 heteroatoms. The van der Waals surface area contributed by atoms with Crippen LogP contribution >= 0.6 is 0 Å². The van der Waals surface area contributed by atoms with Crippen LogP contribution in [0.15, 0.2) is 10.6 Å². The number of nitrogens with zero attached hydrogens (tertiary/aromatic N) is 1. The first-order valence-electron chi connectivity index (χ1n) is 5.30. The molecular weight excluding hydrogens is 230 g/mol. The molecule has 0 amide bonds. The highest BCUT2D eigenvalue weighted by molar-refractivity contribution is 7.85. The first-order valence-corrected chi connectivity index (χ1v) is 7.12. The smallest absolute Gasteiger partial charge is 0.264 e. The highest BCUT2D eigenvalue weighted by atomic mass is 32.2. The quantitative estimate of drug-likeness (QED) is 0.543. The van der Waals surface area contributed by atoms with E-state index >= 15 is 0 Å². The van der Waals surface area contributed by atoms with E-state index in [2.05, 4.69) is 16.3 Å². The van der Waals surface area contributed by atoms with E-state index in [0.29, 0.717) is 5.69 Å². The van der Waals surface area contributed by atoms with Crippen molar-refractivity contribution in [3.63, 3.8) is 0 Å². The molecule has 0 spiro atoms.